The van der Waals surface area contributed by atoms with Crippen LogP contribution in [0.5, 0.6) is 11.5 Å². The summed E-state index contributed by atoms with van der Waals surface area (Å²) >= 11 is 1.58. The monoisotopic (exact) mass is 366 g/mol. The number of amides is 1. The van der Waals surface area contributed by atoms with E-state index in [-0.39, 0.29) is 5.91 Å². The van der Waals surface area contributed by atoms with Gasteiger partial charge in [0.05, 0.1) is 14.2 Å². The standard InChI is InChI=1S/C20H18N2O3S/c1-24-17-9-3-14(13-18(17)25-2)4-10-19(23)22-16-7-5-15(6-8-16)20-21-11-12-26-20/h3-13H,1-2H3,(H,22,23)/b10-4+. The number of anilines is 1. The molecule has 0 bridgehead atoms. The molecule has 0 saturated heterocycles. The lowest BCUT2D eigenvalue weighted by molar-refractivity contribution is -0.111. The Morgan fingerprint density at radius 1 is 1.08 bits per heavy atom. The van der Waals surface area contributed by atoms with E-state index >= 15 is 0 Å². The Labute approximate surface area is 155 Å². The number of hydrogen-bond acceptors (Lipinski definition) is 5. The van der Waals surface area contributed by atoms with Crippen molar-refractivity contribution < 1.29 is 14.3 Å². The lowest BCUT2D eigenvalue weighted by Crippen LogP contribution is -2.07. The molecule has 0 fully saturated rings. The van der Waals surface area contributed by atoms with E-state index in [1.165, 1.54) is 6.08 Å². The van der Waals surface area contributed by atoms with Gasteiger partial charge in [-0.1, -0.05) is 6.07 Å². The van der Waals surface area contributed by atoms with Crippen LogP contribution in [0, 0.1) is 0 Å². The van der Waals surface area contributed by atoms with E-state index in [1.807, 2.05) is 41.8 Å². The minimum Gasteiger partial charge on any atom is -0.493 e. The smallest absolute Gasteiger partial charge is 0.248 e. The third kappa shape index (κ3) is 4.29. The Kier molecular flexibility index (Phi) is 5.66. The Morgan fingerprint density at radius 2 is 1.85 bits per heavy atom. The second kappa shape index (κ2) is 8.31. The number of nitrogens with zero attached hydrogens (tertiary/aromatic N) is 1. The number of hydrogen-bond donors (Lipinski definition) is 1. The number of aromatic nitrogens is 1. The fourth-order valence-corrected chi connectivity index (χ4v) is 3.02. The lowest BCUT2D eigenvalue weighted by Gasteiger charge is -2.07. The molecule has 26 heavy (non-hydrogen) atoms. The first-order valence-electron chi connectivity index (χ1n) is 7.90. The van der Waals surface area contributed by atoms with E-state index in [4.69, 9.17) is 9.47 Å². The fraction of sp³-hybridized carbons (Fsp3) is 0.100. The molecule has 3 rings (SSSR count). The number of methoxy groups -OCH3 is 2. The summed E-state index contributed by atoms with van der Waals surface area (Å²) in [5, 5.41) is 5.73. The van der Waals surface area contributed by atoms with Crippen LogP contribution in [0.25, 0.3) is 16.6 Å². The van der Waals surface area contributed by atoms with Gasteiger partial charge in [-0.25, -0.2) is 4.98 Å². The average Bonchev–Trinajstić information content (AvgIpc) is 3.21. The van der Waals surface area contributed by atoms with Crippen molar-refractivity contribution in [2.75, 3.05) is 19.5 Å². The number of rotatable bonds is 6. The zero-order valence-corrected chi connectivity index (χ0v) is 15.2. The molecule has 0 radical (unpaired) electrons. The van der Waals surface area contributed by atoms with Gasteiger partial charge in [0.25, 0.3) is 0 Å². The topological polar surface area (TPSA) is 60.5 Å². The molecule has 1 heterocycles. The molecule has 5 nitrogen and oxygen atoms in total. The number of carbonyl (C=O) groups excluding carboxylic acids is 1. The SMILES string of the molecule is COc1ccc(/C=C/C(=O)Nc2ccc(-c3nccs3)cc2)cc1OC. The van der Waals surface area contributed by atoms with Crippen molar-refractivity contribution in [2.45, 2.75) is 0 Å². The average molecular weight is 366 g/mol. The van der Waals surface area contributed by atoms with Crippen molar-refractivity contribution in [2.24, 2.45) is 0 Å². The van der Waals surface area contributed by atoms with Gasteiger partial charge >= 0.3 is 0 Å². The summed E-state index contributed by atoms with van der Waals surface area (Å²) in [6.45, 7) is 0. The number of thiazole rings is 1. The molecule has 0 unspecified atom stereocenters. The maximum absolute atomic E-state index is 12.1. The van der Waals surface area contributed by atoms with Gasteiger partial charge in [-0.05, 0) is 48.0 Å². The second-order valence-electron chi connectivity index (χ2n) is 5.35. The van der Waals surface area contributed by atoms with Crippen molar-refractivity contribution >= 4 is 29.0 Å². The summed E-state index contributed by atoms with van der Waals surface area (Å²) in [5.41, 5.74) is 2.60. The van der Waals surface area contributed by atoms with Gasteiger partial charge in [-0.3, -0.25) is 4.79 Å². The third-order valence-corrected chi connectivity index (χ3v) is 4.49. The predicted octanol–water partition coefficient (Wildman–Crippen LogP) is 4.48. The van der Waals surface area contributed by atoms with Crippen LogP contribution in [-0.2, 0) is 4.79 Å². The number of carbonyl (C=O) groups is 1. The highest BCUT2D eigenvalue weighted by Crippen LogP contribution is 2.28. The van der Waals surface area contributed by atoms with Crippen LogP contribution in [0.4, 0.5) is 5.69 Å². The normalized spacial score (nSPS) is 10.7. The van der Waals surface area contributed by atoms with Gasteiger partial charge in [0, 0.05) is 28.9 Å². The molecule has 0 saturated carbocycles. The Bertz CT molecular complexity index is 903. The number of benzene rings is 2. The molecule has 0 atom stereocenters. The van der Waals surface area contributed by atoms with E-state index in [2.05, 4.69) is 10.3 Å². The van der Waals surface area contributed by atoms with Crippen LogP contribution in [0.2, 0.25) is 0 Å². The molecule has 0 aliphatic carbocycles. The van der Waals surface area contributed by atoms with Gasteiger partial charge in [0.2, 0.25) is 5.91 Å². The van der Waals surface area contributed by atoms with Crippen LogP contribution in [0.3, 0.4) is 0 Å². The van der Waals surface area contributed by atoms with E-state index < -0.39 is 0 Å². The molecule has 2 aromatic carbocycles. The molecular formula is C20H18N2O3S. The summed E-state index contributed by atoms with van der Waals surface area (Å²) in [5.74, 6) is 1.06. The van der Waals surface area contributed by atoms with Gasteiger partial charge in [-0.2, -0.15) is 0 Å². The molecule has 1 N–H and O–H groups in total. The molecule has 1 aromatic heterocycles. The summed E-state index contributed by atoms with van der Waals surface area (Å²) in [6, 6.07) is 13.1. The van der Waals surface area contributed by atoms with Crippen LogP contribution in [-0.4, -0.2) is 25.1 Å². The molecule has 132 valence electrons. The molecule has 3 aromatic rings. The second-order valence-corrected chi connectivity index (χ2v) is 6.25. The predicted molar refractivity (Wildman–Crippen MR) is 105 cm³/mol. The van der Waals surface area contributed by atoms with Crippen LogP contribution in [0.1, 0.15) is 5.56 Å². The summed E-state index contributed by atoms with van der Waals surface area (Å²) in [4.78, 5) is 16.4. The minimum atomic E-state index is -0.207. The molecule has 6 heteroatoms. The largest absolute Gasteiger partial charge is 0.493 e. The maximum atomic E-state index is 12.1. The van der Waals surface area contributed by atoms with E-state index in [1.54, 1.807) is 43.9 Å². The van der Waals surface area contributed by atoms with Gasteiger partial charge in [0.1, 0.15) is 5.01 Å². The molecular weight excluding hydrogens is 348 g/mol. The summed E-state index contributed by atoms with van der Waals surface area (Å²) < 4.78 is 10.5. The minimum absolute atomic E-state index is 0.207. The van der Waals surface area contributed by atoms with Crippen molar-refractivity contribution in [3.05, 3.63) is 65.7 Å². The Morgan fingerprint density at radius 3 is 2.50 bits per heavy atom. The lowest BCUT2D eigenvalue weighted by atomic mass is 10.2. The molecule has 0 aliphatic heterocycles. The number of nitrogens with one attached hydrogen (secondary N) is 1. The Hall–Kier alpha value is -3.12. The molecule has 0 aliphatic rings. The van der Waals surface area contributed by atoms with Crippen LogP contribution in [0.15, 0.2) is 60.1 Å². The van der Waals surface area contributed by atoms with E-state index in [0.717, 1.165) is 21.8 Å². The Balaban J connectivity index is 1.64. The van der Waals surface area contributed by atoms with E-state index in [9.17, 15) is 4.79 Å². The third-order valence-electron chi connectivity index (χ3n) is 3.67. The van der Waals surface area contributed by atoms with Crippen molar-refractivity contribution in [1.82, 2.24) is 4.98 Å². The maximum Gasteiger partial charge on any atom is 0.248 e. The number of ether oxygens (including phenoxy) is 2. The highest BCUT2D eigenvalue weighted by Gasteiger charge is 2.04. The van der Waals surface area contributed by atoms with Gasteiger partial charge < -0.3 is 14.8 Å². The molecule has 1 amide bonds. The van der Waals surface area contributed by atoms with Crippen molar-refractivity contribution in [3.8, 4) is 22.1 Å². The van der Waals surface area contributed by atoms with Crippen molar-refractivity contribution in [1.29, 1.82) is 0 Å². The zero-order valence-electron chi connectivity index (χ0n) is 14.4. The quantitative estimate of drug-likeness (QED) is 0.654. The first kappa shape index (κ1) is 17.7. The summed E-state index contributed by atoms with van der Waals surface area (Å²) in [6.07, 6.45) is 4.98. The highest BCUT2D eigenvalue weighted by atomic mass is 32.1. The van der Waals surface area contributed by atoms with Crippen LogP contribution >= 0.6 is 11.3 Å². The zero-order chi connectivity index (χ0) is 18.4. The van der Waals surface area contributed by atoms with Crippen LogP contribution < -0.4 is 14.8 Å². The highest BCUT2D eigenvalue weighted by molar-refractivity contribution is 7.13. The summed E-state index contributed by atoms with van der Waals surface area (Å²) in [7, 11) is 3.16. The first-order valence-corrected chi connectivity index (χ1v) is 8.78. The van der Waals surface area contributed by atoms with Crippen molar-refractivity contribution in [3.63, 3.8) is 0 Å². The fourth-order valence-electron chi connectivity index (χ4n) is 2.37. The first-order chi connectivity index (χ1) is 12.7. The van der Waals surface area contributed by atoms with Gasteiger partial charge in [-0.15, -0.1) is 11.3 Å². The molecule has 0 spiro atoms. The van der Waals surface area contributed by atoms with E-state index in [0.29, 0.717) is 11.5 Å². The van der Waals surface area contributed by atoms with Gasteiger partial charge in [0.15, 0.2) is 11.5 Å².